The summed E-state index contributed by atoms with van der Waals surface area (Å²) >= 11 is 0. The van der Waals surface area contributed by atoms with Crippen molar-refractivity contribution < 1.29 is 9.53 Å². The monoisotopic (exact) mass is 326 g/mol. The summed E-state index contributed by atoms with van der Waals surface area (Å²) in [5.74, 6) is -0.0503. The van der Waals surface area contributed by atoms with Crippen molar-refractivity contribution in [3.05, 3.63) is 52.6 Å². The van der Waals surface area contributed by atoms with E-state index in [1.165, 1.54) is 12.7 Å². The molecule has 0 aliphatic rings. The smallest absolute Gasteiger partial charge is 0.254 e. The molecular formula is C20H26N2O2. The van der Waals surface area contributed by atoms with E-state index in [0.29, 0.717) is 17.0 Å². The Bertz CT molecular complexity index is 751. The lowest BCUT2D eigenvalue weighted by molar-refractivity contribution is 0.0998. The zero-order chi connectivity index (χ0) is 18.1. The van der Waals surface area contributed by atoms with E-state index in [4.69, 9.17) is 10.5 Å². The van der Waals surface area contributed by atoms with Gasteiger partial charge in [0.1, 0.15) is 11.3 Å². The fraction of sp³-hybridized carbons (Fsp3) is 0.350. The molecule has 0 saturated carbocycles. The number of aryl methyl sites for hydroxylation is 2. The van der Waals surface area contributed by atoms with Gasteiger partial charge in [-0.15, -0.1) is 0 Å². The van der Waals surface area contributed by atoms with E-state index in [-0.39, 0.29) is 5.41 Å². The van der Waals surface area contributed by atoms with Gasteiger partial charge in [0.2, 0.25) is 0 Å². The average Bonchev–Trinajstić information content (AvgIpc) is 2.49. The largest absolute Gasteiger partial charge is 0.496 e. The SMILES string of the molecule is COc1cccc(Nc2c(C)cc(C(C)(C)C)cc2C)c1C(N)=O. The summed E-state index contributed by atoms with van der Waals surface area (Å²) in [6.07, 6.45) is 0. The zero-order valence-corrected chi connectivity index (χ0v) is 15.3. The molecule has 3 N–H and O–H groups in total. The Labute approximate surface area is 144 Å². The molecular weight excluding hydrogens is 300 g/mol. The lowest BCUT2D eigenvalue weighted by atomic mass is 9.84. The Balaban J connectivity index is 2.52. The fourth-order valence-corrected chi connectivity index (χ4v) is 2.79. The van der Waals surface area contributed by atoms with Crippen molar-refractivity contribution in [1.29, 1.82) is 0 Å². The van der Waals surface area contributed by atoms with Gasteiger partial charge in [-0.1, -0.05) is 39.0 Å². The van der Waals surface area contributed by atoms with Crippen LogP contribution in [0.3, 0.4) is 0 Å². The normalized spacial score (nSPS) is 11.2. The van der Waals surface area contributed by atoms with Gasteiger partial charge in [-0.2, -0.15) is 0 Å². The molecule has 0 radical (unpaired) electrons. The van der Waals surface area contributed by atoms with Crippen molar-refractivity contribution in [3.8, 4) is 5.75 Å². The first kappa shape index (κ1) is 17.9. The van der Waals surface area contributed by atoms with Crippen LogP contribution in [0.1, 0.15) is 47.8 Å². The Morgan fingerprint density at radius 2 is 1.71 bits per heavy atom. The highest BCUT2D eigenvalue weighted by atomic mass is 16.5. The van der Waals surface area contributed by atoms with E-state index in [0.717, 1.165) is 16.8 Å². The Morgan fingerprint density at radius 3 is 2.17 bits per heavy atom. The number of methoxy groups -OCH3 is 1. The van der Waals surface area contributed by atoms with E-state index in [9.17, 15) is 4.79 Å². The van der Waals surface area contributed by atoms with Gasteiger partial charge in [-0.25, -0.2) is 0 Å². The molecule has 0 aromatic heterocycles. The van der Waals surface area contributed by atoms with Crippen LogP contribution in [0.25, 0.3) is 0 Å². The van der Waals surface area contributed by atoms with Gasteiger partial charge in [0.25, 0.3) is 5.91 Å². The highest BCUT2D eigenvalue weighted by Crippen LogP contribution is 2.34. The van der Waals surface area contributed by atoms with Crippen LogP contribution in [0.4, 0.5) is 11.4 Å². The van der Waals surface area contributed by atoms with E-state index >= 15 is 0 Å². The molecule has 24 heavy (non-hydrogen) atoms. The first-order chi connectivity index (χ1) is 11.1. The van der Waals surface area contributed by atoms with Gasteiger partial charge in [0, 0.05) is 5.69 Å². The molecule has 0 unspecified atom stereocenters. The minimum atomic E-state index is -0.517. The summed E-state index contributed by atoms with van der Waals surface area (Å²) in [6.45, 7) is 10.7. The summed E-state index contributed by atoms with van der Waals surface area (Å²) in [7, 11) is 1.53. The number of ether oxygens (including phenoxy) is 1. The van der Waals surface area contributed by atoms with Gasteiger partial charge >= 0.3 is 0 Å². The van der Waals surface area contributed by atoms with E-state index in [1.807, 2.05) is 12.1 Å². The summed E-state index contributed by atoms with van der Waals surface area (Å²) in [5.41, 5.74) is 11.2. The van der Waals surface area contributed by atoms with Crippen LogP contribution in [0, 0.1) is 13.8 Å². The maximum absolute atomic E-state index is 11.8. The van der Waals surface area contributed by atoms with E-state index in [1.54, 1.807) is 6.07 Å². The number of anilines is 2. The maximum atomic E-state index is 11.8. The lowest BCUT2D eigenvalue weighted by Gasteiger charge is -2.23. The van der Waals surface area contributed by atoms with Gasteiger partial charge in [0.15, 0.2) is 0 Å². The summed E-state index contributed by atoms with van der Waals surface area (Å²) in [6, 6.07) is 9.76. The molecule has 0 spiro atoms. The number of benzene rings is 2. The summed E-state index contributed by atoms with van der Waals surface area (Å²) < 4.78 is 5.27. The minimum Gasteiger partial charge on any atom is -0.496 e. The van der Waals surface area contributed by atoms with Crippen molar-refractivity contribution >= 4 is 17.3 Å². The molecule has 0 aliphatic heterocycles. The predicted octanol–water partition coefficient (Wildman–Crippen LogP) is 4.45. The van der Waals surface area contributed by atoms with Crippen LogP contribution in [0.2, 0.25) is 0 Å². The number of carbonyl (C=O) groups is 1. The summed E-state index contributed by atoms with van der Waals surface area (Å²) in [5, 5.41) is 3.36. The average molecular weight is 326 g/mol. The van der Waals surface area contributed by atoms with Crippen LogP contribution in [-0.4, -0.2) is 13.0 Å². The minimum absolute atomic E-state index is 0.0857. The van der Waals surface area contributed by atoms with E-state index < -0.39 is 5.91 Å². The van der Waals surface area contributed by atoms with Crippen molar-refractivity contribution in [2.45, 2.75) is 40.0 Å². The molecule has 2 aromatic rings. The number of nitrogens with one attached hydrogen (secondary N) is 1. The number of hydrogen-bond donors (Lipinski definition) is 2. The van der Waals surface area contributed by atoms with Gasteiger partial charge in [-0.05, 0) is 48.1 Å². The molecule has 0 heterocycles. The number of amides is 1. The molecule has 0 bridgehead atoms. The van der Waals surface area contributed by atoms with Gasteiger partial charge in [0.05, 0.1) is 12.8 Å². The Kier molecular flexibility index (Phi) is 4.88. The number of rotatable bonds is 4. The Hall–Kier alpha value is -2.49. The summed E-state index contributed by atoms with van der Waals surface area (Å²) in [4.78, 5) is 11.8. The molecule has 2 aromatic carbocycles. The molecule has 128 valence electrons. The van der Waals surface area contributed by atoms with Gasteiger partial charge < -0.3 is 15.8 Å². The van der Waals surface area contributed by atoms with Crippen LogP contribution in [-0.2, 0) is 5.41 Å². The molecule has 4 heteroatoms. The maximum Gasteiger partial charge on any atom is 0.254 e. The van der Waals surface area contributed by atoms with E-state index in [2.05, 4.69) is 52.1 Å². The zero-order valence-electron chi connectivity index (χ0n) is 15.3. The van der Waals surface area contributed by atoms with Crippen LogP contribution in [0.15, 0.2) is 30.3 Å². The van der Waals surface area contributed by atoms with Crippen molar-refractivity contribution in [1.82, 2.24) is 0 Å². The molecule has 4 nitrogen and oxygen atoms in total. The second kappa shape index (κ2) is 6.56. The lowest BCUT2D eigenvalue weighted by Crippen LogP contribution is -2.16. The van der Waals surface area contributed by atoms with Gasteiger partial charge in [-0.3, -0.25) is 4.79 Å². The molecule has 1 amide bonds. The van der Waals surface area contributed by atoms with Crippen LogP contribution < -0.4 is 15.8 Å². The predicted molar refractivity (Wildman–Crippen MR) is 99.4 cm³/mol. The third kappa shape index (κ3) is 3.53. The fourth-order valence-electron chi connectivity index (χ4n) is 2.79. The van der Waals surface area contributed by atoms with Crippen molar-refractivity contribution in [2.75, 3.05) is 12.4 Å². The molecule has 0 atom stereocenters. The highest BCUT2D eigenvalue weighted by Gasteiger charge is 2.19. The number of nitrogens with two attached hydrogens (primary N) is 1. The molecule has 0 saturated heterocycles. The molecule has 2 rings (SSSR count). The van der Waals surface area contributed by atoms with Crippen molar-refractivity contribution in [3.63, 3.8) is 0 Å². The van der Waals surface area contributed by atoms with Crippen molar-refractivity contribution in [2.24, 2.45) is 5.73 Å². The van der Waals surface area contributed by atoms with Crippen LogP contribution in [0.5, 0.6) is 5.75 Å². The third-order valence-corrected chi connectivity index (χ3v) is 4.15. The topological polar surface area (TPSA) is 64.3 Å². The highest BCUT2D eigenvalue weighted by molar-refractivity contribution is 6.02. The first-order valence-electron chi connectivity index (χ1n) is 8.00. The Morgan fingerprint density at radius 1 is 1.12 bits per heavy atom. The standard InChI is InChI=1S/C20H26N2O2/c1-12-10-14(20(3,4)5)11-13(2)18(12)22-15-8-7-9-16(24-6)17(15)19(21)23/h7-11,22H,1-6H3,(H2,21,23). The number of hydrogen-bond acceptors (Lipinski definition) is 3. The van der Waals surface area contributed by atoms with Crippen LogP contribution >= 0.6 is 0 Å². The molecule has 0 fully saturated rings. The number of primary amides is 1. The third-order valence-electron chi connectivity index (χ3n) is 4.15. The first-order valence-corrected chi connectivity index (χ1v) is 8.00. The number of carbonyl (C=O) groups excluding carboxylic acids is 1. The quantitative estimate of drug-likeness (QED) is 0.872. The molecule has 0 aliphatic carbocycles. The second-order valence-corrected chi connectivity index (χ2v) is 7.11. The second-order valence-electron chi connectivity index (χ2n) is 7.11.